The maximum absolute atomic E-state index is 6.74. The first kappa shape index (κ1) is 35.5. The summed E-state index contributed by atoms with van der Waals surface area (Å²) in [6.45, 7) is 0. The zero-order chi connectivity index (χ0) is 39.1. The fraction of sp³-hybridized carbons (Fsp3) is 0.182. The molecule has 4 aromatic carbocycles. The van der Waals surface area contributed by atoms with Crippen molar-refractivity contribution in [3.8, 4) is 39.7 Å². The van der Waals surface area contributed by atoms with Crippen LogP contribution >= 0.6 is 0 Å². The van der Waals surface area contributed by atoms with E-state index in [-0.39, 0.29) is 12.0 Å². The van der Waals surface area contributed by atoms with Crippen LogP contribution in [0.4, 0.5) is 0 Å². The van der Waals surface area contributed by atoms with E-state index in [2.05, 4.69) is 164 Å². The zero-order valence-electron chi connectivity index (χ0n) is 33.1. The van der Waals surface area contributed by atoms with Gasteiger partial charge in [-0.15, -0.1) is 0 Å². The number of nitrogens with zero attached hydrogens (tertiary/aromatic N) is 3. The van der Waals surface area contributed by atoms with Gasteiger partial charge in [0.15, 0.2) is 17.5 Å². The highest BCUT2D eigenvalue weighted by Gasteiger charge is 2.39. The van der Waals surface area contributed by atoms with Crippen molar-refractivity contribution in [2.75, 3.05) is 0 Å². The Bertz CT molecular complexity index is 2800. The summed E-state index contributed by atoms with van der Waals surface area (Å²) in [6, 6.07) is 30.0. The molecule has 0 saturated heterocycles. The van der Waals surface area contributed by atoms with Gasteiger partial charge in [0.1, 0.15) is 11.9 Å². The molecule has 5 aliphatic carbocycles. The van der Waals surface area contributed by atoms with Crippen molar-refractivity contribution in [1.29, 1.82) is 0 Å². The Kier molecular flexibility index (Phi) is 9.19. The quantitative estimate of drug-likeness (QED) is 0.173. The Balaban J connectivity index is 0.955. The number of benzene rings is 4. The van der Waals surface area contributed by atoms with Crippen LogP contribution < -0.4 is 4.74 Å². The molecule has 0 fully saturated rings. The van der Waals surface area contributed by atoms with Gasteiger partial charge in [-0.25, -0.2) is 15.0 Å². The molecule has 1 aromatic heterocycles. The Morgan fingerprint density at radius 3 is 2.15 bits per heavy atom. The number of aryl methyl sites for hydroxylation is 1. The first-order chi connectivity index (χ1) is 29.2. The minimum Gasteiger partial charge on any atom is -0.489 e. The Labute approximate surface area is 346 Å². The molecule has 0 radical (unpaired) electrons. The number of aromatic nitrogens is 3. The molecule has 6 aliphatic rings. The summed E-state index contributed by atoms with van der Waals surface area (Å²) in [5.41, 5.74) is 18.2. The summed E-state index contributed by atoms with van der Waals surface area (Å²) in [6.07, 6.45) is 37.4. The summed E-state index contributed by atoms with van der Waals surface area (Å²) in [5.74, 6) is 3.12. The molecule has 1 aliphatic heterocycles. The summed E-state index contributed by atoms with van der Waals surface area (Å²) in [4.78, 5) is 15.7. The first-order valence-electron chi connectivity index (χ1n) is 21.3. The molecular formula is C55H45N3O. The van der Waals surface area contributed by atoms with Crippen molar-refractivity contribution in [1.82, 2.24) is 15.0 Å². The van der Waals surface area contributed by atoms with Crippen LogP contribution in [0.3, 0.4) is 0 Å². The fourth-order valence-electron chi connectivity index (χ4n) is 9.83. The highest BCUT2D eigenvalue weighted by Crippen LogP contribution is 2.50. The normalized spacial score (nSPS) is 20.0. The van der Waals surface area contributed by atoms with E-state index in [9.17, 15) is 0 Å². The van der Waals surface area contributed by atoms with Gasteiger partial charge in [0.25, 0.3) is 0 Å². The fourth-order valence-corrected chi connectivity index (χ4v) is 9.83. The molecule has 59 heavy (non-hydrogen) atoms. The largest absolute Gasteiger partial charge is 0.489 e. The average Bonchev–Trinajstić information content (AvgIpc) is 3.47. The number of fused-ring (bicyclic) bond motifs is 6. The van der Waals surface area contributed by atoms with Crippen molar-refractivity contribution < 1.29 is 4.74 Å². The highest BCUT2D eigenvalue weighted by molar-refractivity contribution is 5.82. The van der Waals surface area contributed by atoms with E-state index in [0.29, 0.717) is 17.5 Å². The number of rotatable bonds is 6. The zero-order valence-corrected chi connectivity index (χ0v) is 33.1. The first-order valence-corrected chi connectivity index (χ1v) is 21.3. The van der Waals surface area contributed by atoms with E-state index in [1.54, 1.807) is 0 Å². The van der Waals surface area contributed by atoms with Crippen molar-refractivity contribution in [3.05, 3.63) is 208 Å². The number of allylic oxidation sites excluding steroid dienone is 15. The summed E-state index contributed by atoms with van der Waals surface area (Å²) < 4.78 is 6.74. The molecule has 2 atom stereocenters. The van der Waals surface area contributed by atoms with Crippen LogP contribution in [0, 0.1) is 0 Å². The average molecular weight is 764 g/mol. The summed E-state index contributed by atoms with van der Waals surface area (Å²) in [5, 5.41) is 0. The molecule has 11 rings (SSSR count). The van der Waals surface area contributed by atoms with Crippen molar-refractivity contribution in [3.63, 3.8) is 0 Å². The Morgan fingerprint density at radius 1 is 0.525 bits per heavy atom. The second-order valence-electron chi connectivity index (χ2n) is 16.3. The lowest BCUT2D eigenvalue weighted by molar-refractivity contribution is 0.202. The predicted molar refractivity (Wildman–Crippen MR) is 242 cm³/mol. The van der Waals surface area contributed by atoms with Gasteiger partial charge in [-0.3, -0.25) is 0 Å². The van der Waals surface area contributed by atoms with Crippen LogP contribution in [0.15, 0.2) is 174 Å². The molecule has 0 amide bonds. The van der Waals surface area contributed by atoms with Gasteiger partial charge in [-0.2, -0.15) is 0 Å². The van der Waals surface area contributed by atoms with Gasteiger partial charge in [0.2, 0.25) is 0 Å². The maximum Gasteiger partial charge on any atom is 0.164 e. The van der Waals surface area contributed by atoms with Gasteiger partial charge in [-0.1, -0.05) is 158 Å². The van der Waals surface area contributed by atoms with E-state index in [0.717, 1.165) is 84.9 Å². The maximum atomic E-state index is 6.74. The number of hydrogen-bond acceptors (Lipinski definition) is 4. The molecule has 4 heteroatoms. The van der Waals surface area contributed by atoms with Gasteiger partial charge >= 0.3 is 0 Å². The van der Waals surface area contributed by atoms with Gasteiger partial charge < -0.3 is 4.74 Å². The molecule has 5 aromatic rings. The molecule has 2 heterocycles. The van der Waals surface area contributed by atoms with Crippen molar-refractivity contribution >= 4 is 17.7 Å². The third kappa shape index (κ3) is 6.73. The topological polar surface area (TPSA) is 47.9 Å². The molecule has 0 bridgehead atoms. The molecular weight excluding hydrogens is 719 g/mol. The van der Waals surface area contributed by atoms with E-state index in [1.165, 1.54) is 50.1 Å². The van der Waals surface area contributed by atoms with E-state index < -0.39 is 0 Å². The molecule has 0 N–H and O–H groups in total. The third-order valence-corrected chi connectivity index (χ3v) is 12.9. The van der Waals surface area contributed by atoms with Crippen LogP contribution in [0.1, 0.15) is 78.1 Å². The van der Waals surface area contributed by atoms with E-state index in [1.807, 2.05) is 0 Å². The van der Waals surface area contributed by atoms with Crippen molar-refractivity contribution in [2.45, 2.75) is 63.4 Å². The van der Waals surface area contributed by atoms with Crippen LogP contribution in [-0.2, 0) is 12.8 Å². The van der Waals surface area contributed by atoms with Crippen LogP contribution in [-0.4, -0.2) is 21.1 Å². The molecule has 286 valence electrons. The van der Waals surface area contributed by atoms with Gasteiger partial charge in [0.05, 0.1) is 0 Å². The predicted octanol–water partition coefficient (Wildman–Crippen LogP) is 13.1. The summed E-state index contributed by atoms with van der Waals surface area (Å²) in [7, 11) is 0. The second kappa shape index (κ2) is 15.3. The molecule has 0 saturated carbocycles. The van der Waals surface area contributed by atoms with E-state index >= 15 is 0 Å². The standard InChI is InChI=1S/C55H45N3O/c1-2-6-18-41(17-5-1)53-56-54(46-21-12-11-20-44(46)38-14-7-3-8-15-38)58-55(57-53)47-22-13-23-51-52(47)49-35-43(32-33-50(49)59-51)37-26-24-36(25-27-37)42-31-30-40-29-28-39-16-9-4-10-19-45(39)48(40)34-42/h1-17,20-24,26,28-29,34-35,49-50H,18-19,25,27,30-33H2. The SMILES string of the molecule is C1=CC=C(c2nc(-c3ccccc3-c3ccccc3)nc(-c3cccc4c3C3C=C(C5=CC=C(C6=Cc7c(ccc8c7CC=CC=C8)CC6)CC5)CCC3O4)n2)CC=C1. The third-order valence-electron chi connectivity index (χ3n) is 12.9. The van der Waals surface area contributed by atoms with Gasteiger partial charge in [-0.05, 0) is 113 Å². The molecule has 4 nitrogen and oxygen atoms in total. The van der Waals surface area contributed by atoms with Gasteiger partial charge in [0, 0.05) is 28.2 Å². The van der Waals surface area contributed by atoms with E-state index in [4.69, 9.17) is 19.7 Å². The smallest absolute Gasteiger partial charge is 0.164 e. The van der Waals surface area contributed by atoms with Crippen molar-refractivity contribution in [2.24, 2.45) is 0 Å². The summed E-state index contributed by atoms with van der Waals surface area (Å²) >= 11 is 0. The number of hydrogen-bond donors (Lipinski definition) is 0. The van der Waals surface area contributed by atoms with Crippen LogP contribution in [0.2, 0.25) is 0 Å². The molecule has 0 spiro atoms. The molecule has 2 unspecified atom stereocenters. The number of ether oxygens (including phenoxy) is 1. The Hall–Kier alpha value is -6.65. The minimum atomic E-state index is 0.0944. The van der Waals surface area contributed by atoms with Crippen LogP contribution in [0.5, 0.6) is 5.75 Å². The minimum absolute atomic E-state index is 0.0944. The highest BCUT2D eigenvalue weighted by atomic mass is 16.5. The monoisotopic (exact) mass is 763 g/mol. The Morgan fingerprint density at radius 2 is 1.27 bits per heavy atom. The lowest BCUT2D eigenvalue weighted by Crippen LogP contribution is -2.22. The van der Waals surface area contributed by atoms with Crippen LogP contribution in [0.25, 0.3) is 51.6 Å². The lowest BCUT2D eigenvalue weighted by Gasteiger charge is -2.28. The second-order valence-corrected chi connectivity index (χ2v) is 16.3. The lowest BCUT2D eigenvalue weighted by atomic mass is 9.77.